The van der Waals surface area contributed by atoms with Gasteiger partial charge in [-0.3, -0.25) is 9.59 Å². The summed E-state index contributed by atoms with van der Waals surface area (Å²) in [6.07, 6.45) is 4.72. The number of nitrogens with one attached hydrogen (secondary N) is 2. The Morgan fingerprint density at radius 2 is 1.89 bits per heavy atom. The van der Waals surface area contributed by atoms with Crippen LogP contribution in [0.3, 0.4) is 0 Å². The second-order valence-corrected chi connectivity index (χ2v) is 7.79. The minimum absolute atomic E-state index is 0. The number of piperidine rings is 2. The Labute approximate surface area is 168 Å². The quantitative estimate of drug-likeness (QED) is 0.808. The molecule has 27 heavy (non-hydrogen) atoms. The molecule has 2 saturated heterocycles. The lowest BCUT2D eigenvalue weighted by Crippen LogP contribution is -2.47. The number of hydrogen-bond acceptors (Lipinski definition) is 3. The molecule has 2 N–H and O–H groups in total. The molecule has 6 heteroatoms. The number of amides is 2. The second kappa shape index (κ2) is 10.7. The molecule has 0 aliphatic carbocycles. The molecule has 150 valence electrons. The summed E-state index contributed by atoms with van der Waals surface area (Å²) in [6, 6.07) is 9.61. The minimum atomic E-state index is 0. The second-order valence-electron chi connectivity index (χ2n) is 7.79. The highest BCUT2D eigenvalue weighted by Crippen LogP contribution is 2.23. The summed E-state index contributed by atoms with van der Waals surface area (Å²) in [5.74, 6) is 1.28. The molecule has 2 heterocycles. The summed E-state index contributed by atoms with van der Waals surface area (Å²) in [7, 11) is 0. The molecule has 1 aromatic rings. The van der Waals surface area contributed by atoms with Crippen molar-refractivity contribution < 1.29 is 9.59 Å². The van der Waals surface area contributed by atoms with Crippen LogP contribution in [-0.2, 0) is 4.79 Å². The highest BCUT2D eigenvalue weighted by molar-refractivity contribution is 5.94. The zero-order chi connectivity index (χ0) is 18.4. The fourth-order valence-electron chi connectivity index (χ4n) is 4.10. The summed E-state index contributed by atoms with van der Waals surface area (Å²) in [4.78, 5) is 26.8. The van der Waals surface area contributed by atoms with Gasteiger partial charge >= 0.3 is 0 Å². The van der Waals surface area contributed by atoms with Gasteiger partial charge in [-0.1, -0.05) is 25.1 Å². The first-order chi connectivity index (χ1) is 12.6. The summed E-state index contributed by atoms with van der Waals surface area (Å²) in [6.45, 7) is 5.75. The van der Waals surface area contributed by atoms with Crippen molar-refractivity contribution >= 4 is 24.2 Å². The van der Waals surface area contributed by atoms with Crippen molar-refractivity contribution in [3.05, 3.63) is 35.9 Å². The Balaban J connectivity index is 0.00000261. The van der Waals surface area contributed by atoms with Crippen LogP contribution in [0.2, 0.25) is 0 Å². The van der Waals surface area contributed by atoms with Gasteiger partial charge in [0.15, 0.2) is 0 Å². The zero-order valence-corrected chi connectivity index (χ0v) is 17.0. The first kappa shape index (κ1) is 21.7. The van der Waals surface area contributed by atoms with E-state index in [4.69, 9.17) is 0 Å². The van der Waals surface area contributed by atoms with Gasteiger partial charge in [0.25, 0.3) is 5.91 Å². The maximum atomic E-state index is 12.5. The third kappa shape index (κ3) is 6.22. The maximum Gasteiger partial charge on any atom is 0.253 e. The topological polar surface area (TPSA) is 61.4 Å². The molecular weight excluding hydrogens is 362 g/mol. The van der Waals surface area contributed by atoms with Crippen LogP contribution >= 0.6 is 12.4 Å². The smallest absolute Gasteiger partial charge is 0.253 e. The summed E-state index contributed by atoms with van der Waals surface area (Å²) >= 11 is 0. The van der Waals surface area contributed by atoms with Crippen molar-refractivity contribution in [3.8, 4) is 0 Å². The van der Waals surface area contributed by atoms with Crippen LogP contribution in [0.1, 0.15) is 49.4 Å². The van der Waals surface area contributed by atoms with Gasteiger partial charge in [0.2, 0.25) is 5.91 Å². The van der Waals surface area contributed by atoms with E-state index in [1.807, 2.05) is 35.2 Å². The Bertz CT molecular complexity index is 597. The molecule has 3 rings (SSSR count). The lowest BCUT2D eigenvalue weighted by Gasteiger charge is -2.33. The fraction of sp³-hybridized carbons (Fsp3) is 0.619. The van der Waals surface area contributed by atoms with E-state index in [2.05, 4.69) is 17.6 Å². The zero-order valence-electron chi connectivity index (χ0n) is 16.2. The maximum absolute atomic E-state index is 12.5. The van der Waals surface area contributed by atoms with Gasteiger partial charge in [0, 0.05) is 31.1 Å². The Kier molecular flexibility index (Phi) is 8.58. The molecule has 0 bridgehead atoms. The molecular formula is C21H32ClN3O2. The molecule has 2 amide bonds. The highest BCUT2D eigenvalue weighted by Gasteiger charge is 2.26. The summed E-state index contributed by atoms with van der Waals surface area (Å²) in [5, 5.41) is 6.62. The van der Waals surface area contributed by atoms with Gasteiger partial charge in [-0.05, 0) is 62.7 Å². The summed E-state index contributed by atoms with van der Waals surface area (Å²) in [5.41, 5.74) is 0.741. The number of carbonyl (C=O) groups excluding carboxylic acids is 2. The fourth-order valence-corrected chi connectivity index (χ4v) is 4.10. The number of rotatable bonds is 5. The van der Waals surface area contributed by atoms with Crippen molar-refractivity contribution in [1.29, 1.82) is 0 Å². The van der Waals surface area contributed by atoms with Gasteiger partial charge in [0.05, 0.1) is 0 Å². The first-order valence-corrected chi connectivity index (χ1v) is 9.98. The lowest BCUT2D eigenvalue weighted by atomic mass is 9.85. The summed E-state index contributed by atoms with van der Waals surface area (Å²) < 4.78 is 0. The number of likely N-dealkylation sites (tertiary alicyclic amines) is 1. The van der Waals surface area contributed by atoms with Crippen LogP contribution in [0.5, 0.6) is 0 Å². The van der Waals surface area contributed by atoms with Gasteiger partial charge in [-0.2, -0.15) is 0 Å². The number of halogens is 1. The third-order valence-electron chi connectivity index (χ3n) is 5.82. The largest absolute Gasteiger partial charge is 0.353 e. The van der Waals surface area contributed by atoms with E-state index >= 15 is 0 Å². The molecule has 2 atom stereocenters. The van der Waals surface area contributed by atoms with Crippen molar-refractivity contribution in [2.75, 3.05) is 26.2 Å². The normalized spacial score (nSPS) is 21.8. The van der Waals surface area contributed by atoms with Crippen LogP contribution in [0.15, 0.2) is 30.3 Å². The molecule has 0 aromatic heterocycles. The molecule has 2 unspecified atom stereocenters. The molecule has 0 radical (unpaired) electrons. The van der Waals surface area contributed by atoms with Crippen LogP contribution in [-0.4, -0.2) is 48.9 Å². The van der Waals surface area contributed by atoms with Crippen molar-refractivity contribution in [2.45, 2.75) is 45.1 Å². The van der Waals surface area contributed by atoms with E-state index in [0.29, 0.717) is 31.3 Å². The van der Waals surface area contributed by atoms with Crippen LogP contribution < -0.4 is 10.6 Å². The molecule has 2 fully saturated rings. The number of hydrogen-bond donors (Lipinski definition) is 2. The van der Waals surface area contributed by atoms with Crippen LogP contribution in [0.25, 0.3) is 0 Å². The number of benzene rings is 1. The van der Waals surface area contributed by atoms with Crippen molar-refractivity contribution in [1.82, 2.24) is 15.5 Å². The molecule has 0 spiro atoms. The van der Waals surface area contributed by atoms with Crippen molar-refractivity contribution in [3.63, 3.8) is 0 Å². The van der Waals surface area contributed by atoms with Crippen molar-refractivity contribution in [2.24, 2.45) is 11.8 Å². The molecule has 2 aliphatic rings. The Hall–Kier alpha value is -1.59. The number of nitrogens with zero attached hydrogens (tertiary/aromatic N) is 1. The van der Waals surface area contributed by atoms with E-state index in [1.165, 1.54) is 12.8 Å². The van der Waals surface area contributed by atoms with Gasteiger partial charge in [-0.15, -0.1) is 12.4 Å². The minimum Gasteiger partial charge on any atom is -0.353 e. The lowest BCUT2D eigenvalue weighted by molar-refractivity contribution is -0.123. The van der Waals surface area contributed by atoms with Crippen LogP contribution in [0.4, 0.5) is 0 Å². The van der Waals surface area contributed by atoms with E-state index < -0.39 is 0 Å². The van der Waals surface area contributed by atoms with E-state index in [-0.39, 0.29) is 30.3 Å². The average Bonchev–Trinajstić information content (AvgIpc) is 2.69. The van der Waals surface area contributed by atoms with Crippen LogP contribution in [0, 0.1) is 11.8 Å². The van der Waals surface area contributed by atoms with Gasteiger partial charge < -0.3 is 15.5 Å². The molecule has 2 aliphatic heterocycles. The van der Waals surface area contributed by atoms with Gasteiger partial charge in [0.1, 0.15) is 0 Å². The van der Waals surface area contributed by atoms with E-state index in [1.54, 1.807) is 0 Å². The number of carbonyl (C=O) groups is 2. The first-order valence-electron chi connectivity index (χ1n) is 9.98. The molecule has 5 nitrogen and oxygen atoms in total. The SMILES string of the molecule is CC(CC(=O)NC1CCN(C(=O)c2ccccc2)CC1)C1CCCNC1.Cl. The Morgan fingerprint density at radius 3 is 2.52 bits per heavy atom. The highest BCUT2D eigenvalue weighted by atomic mass is 35.5. The van der Waals surface area contributed by atoms with E-state index in [0.717, 1.165) is 31.5 Å². The standard InChI is InChI=1S/C21H31N3O2.ClH/c1-16(18-8-5-11-22-15-18)14-20(25)23-19-9-12-24(13-10-19)21(26)17-6-3-2-4-7-17;/h2-4,6-7,16,18-19,22H,5,8-15H2,1H3,(H,23,25);1H. The predicted molar refractivity (Wildman–Crippen MR) is 110 cm³/mol. The predicted octanol–water partition coefficient (Wildman–Crippen LogP) is 2.86. The van der Waals surface area contributed by atoms with E-state index in [9.17, 15) is 9.59 Å². The molecule has 0 saturated carbocycles. The molecule has 1 aromatic carbocycles. The monoisotopic (exact) mass is 393 g/mol. The van der Waals surface area contributed by atoms with Gasteiger partial charge in [-0.25, -0.2) is 0 Å². The Morgan fingerprint density at radius 1 is 1.19 bits per heavy atom. The average molecular weight is 394 g/mol. The third-order valence-corrected chi connectivity index (χ3v) is 5.82.